The Morgan fingerprint density at radius 1 is 0.818 bits per heavy atom. The third kappa shape index (κ3) is 4.32. The molecule has 0 aliphatic rings. The zero-order valence-corrected chi connectivity index (χ0v) is 16.8. The average molecular weight is 476 g/mol. The minimum Gasteiger partial charge on any atom is -0.465 e. The molecule has 0 saturated carbocycles. The van der Waals surface area contributed by atoms with Gasteiger partial charge in [-0.25, -0.2) is 9.59 Å². The summed E-state index contributed by atoms with van der Waals surface area (Å²) >= 11 is 0. The van der Waals surface area contributed by atoms with Crippen LogP contribution in [-0.2, 0) is 19.7 Å². The predicted octanol–water partition coefficient (Wildman–Crippen LogP) is 4.32. The van der Waals surface area contributed by atoms with E-state index < -0.39 is 57.5 Å². The van der Waals surface area contributed by atoms with Crippen LogP contribution in [-0.4, -0.2) is 44.2 Å². The molecule has 0 N–H and O–H groups in total. The zero-order valence-electron chi connectivity index (χ0n) is 16.8. The lowest BCUT2D eigenvalue weighted by atomic mass is 9.71. The number of ether oxygens (including phenoxy) is 2. The molecule has 0 unspecified atom stereocenters. The number of esters is 2. The maximum absolute atomic E-state index is 14.3. The van der Waals surface area contributed by atoms with E-state index in [1.807, 2.05) is 0 Å². The summed E-state index contributed by atoms with van der Waals surface area (Å²) in [5.74, 6) is -2.80. The van der Waals surface area contributed by atoms with Gasteiger partial charge in [0.15, 0.2) is 6.29 Å². The molecule has 0 spiro atoms. The molecule has 0 atom stereocenters. The van der Waals surface area contributed by atoms with E-state index >= 15 is 0 Å². The van der Waals surface area contributed by atoms with Gasteiger partial charge in [0.25, 0.3) is 0 Å². The van der Waals surface area contributed by atoms with Gasteiger partial charge in [0.1, 0.15) is 0 Å². The minimum atomic E-state index is -6.04. The van der Waals surface area contributed by atoms with Crippen molar-refractivity contribution in [3.8, 4) is 0 Å². The Labute approximate surface area is 182 Å². The van der Waals surface area contributed by atoms with E-state index in [2.05, 4.69) is 9.47 Å². The molecule has 2 aromatic rings. The second-order valence-electron chi connectivity index (χ2n) is 6.69. The molecule has 2 rings (SSSR count). The van der Waals surface area contributed by atoms with Gasteiger partial charge in [-0.05, 0) is 35.7 Å². The molecular formula is C21H14F6O6. The summed E-state index contributed by atoms with van der Waals surface area (Å²) in [5, 5.41) is 0. The van der Waals surface area contributed by atoms with Crippen LogP contribution >= 0.6 is 0 Å². The molecule has 33 heavy (non-hydrogen) atoms. The monoisotopic (exact) mass is 476 g/mol. The molecule has 0 amide bonds. The number of benzene rings is 2. The van der Waals surface area contributed by atoms with Crippen LogP contribution in [0.15, 0.2) is 36.4 Å². The molecule has 0 radical (unpaired) electrons. The van der Waals surface area contributed by atoms with Crippen LogP contribution < -0.4 is 0 Å². The van der Waals surface area contributed by atoms with Gasteiger partial charge in [0, 0.05) is 5.56 Å². The predicted molar refractivity (Wildman–Crippen MR) is 98.7 cm³/mol. The van der Waals surface area contributed by atoms with E-state index in [1.165, 1.54) is 6.92 Å². The van der Waals surface area contributed by atoms with Crippen LogP contribution in [0.2, 0.25) is 0 Å². The molecule has 6 nitrogen and oxygen atoms in total. The number of aldehydes is 1. The van der Waals surface area contributed by atoms with E-state index in [0.717, 1.165) is 13.2 Å². The summed E-state index contributed by atoms with van der Waals surface area (Å²) in [6.45, 7) is 0.887. The van der Waals surface area contributed by atoms with E-state index in [0.29, 0.717) is 24.3 Å². The Kier molecular flexibility index (Phi) is 7.00. The SMILES string of the molecule is COC(=O)c1cc(C(c2ccc(C)c(C(=O)OC=O)c2)(C(F)(F)F)C(F)(F)F)ccc1C=O. The highest BCUT2D eigenvalue weighted by molar-refractivity contribution is 5.98. The summed E-state index contributed by atoms with van der Waals surface area (Å²) in [6.07, 6.45) is -12.0. The van der Waals surface area contributed by atoms with Crippen molar-refractivity contribution in [2.45, 2.75) is 24.7 Å². The molecule has 0 aliphatic carbocycles. The fraction of sp³-hybridized carbons (Fsp3) is 0.238. The van der Waals surface area contributed by atoms with Crippen molar-refractivity contribution >= 4 is 24.7 Å². The third-order valence-electron chi connectivity index (χ3n) is 4.91. The first kappa shape index (κ1) is 25.6. The molecule has 0 aromatic heterocycles. The summed E-state index contributed by atoms with van der Waals surface area (Å²) < 4.78 is 94.5. The van der Waals surface area contributed by atoms with Crippen LogP contribution in [0.4, 0.5) is 26.3 Å². The normalized spacial score (nSPS) is 12.1. The Morgan fingerprint density at radius 2 is 1.33 bits per heavy atom. The van der Waals surface area contributed by atoms with Crippen molar-refractivity contribution in [1.29, 1.82) is 0 Å². The highest BCUT2D eigenvalue weighted by atomic mass is 19.4. The van der Waals surface area contributed by atoms with Crippen LogP contribution in [0.5, 0.6) is 0 Å². The quantitative estimate of drug-likeness (QED) is 0.267. The number of methoxy groups -OCH3 is 1. The minimum absolute atomic E-state index is 0.0598. The zero-order chi connectivity index (χ0) is 25.2. The van der Waals surface area contributed by atoms with Crippen LogP contribution in [0, 0.1) is 6.92 Å². The number of hydrogen-bond acceptors (Lipinski definition) is 6. The van der Waals surface area contributed by atoms with Gasteiger partial charge in [0.2, 0.25) is 5.41 Å². The number of hydrogen-bond donors (Lipinski definition) is 0. The molecule has 0 bridgehead atoms. The Bertz CT molecular complexity index is 1090. The Hall–Kier alpha value is -3.70. The molecular weight excluding hydrogens is 462 g/mol. The fourth-order valence-electron chi connectivity index (χ4n) is 3.34. The number of halogens is 6. The van der Waals surface area contributed by atoms with E-state index in [9.17, 15) is 45.5 Å². The summed E-state index contributed by atoms with van der Waals surface area (Å²) in [6, 6.07) is 2.94. The van der Waals surface area contributed by atoms with Gasteiger partial charge in [-0.1, -0.05) is 24.3 Å². The molecule has 0 saturated heterocycles. The molecule has 0 aliphatic heterocycles. The third-order valence-corrected chi connectivity index (χ3v) is 4.91. The van der Waals surface area contributed by atoms with Gasteiger partial charge in [-0.2, -0.15) is 26.3 Å². The Balaban J connectivity index is 3.02. The van der Waals surface area contributed by atoms with Crippen LogP contribution in [0.1, 0.15) is 47.8 Å². The van der Waals surface area contributed by atoms with Gasteiger partial charge in [-0.15, -0.1) is 0 Å². The van der Waals surface area contributed by atoms with Crippen molar-refractivity contribution in [3.05, 3.63) is 69.8 Å². The highest BCUT2D eigenvalue weighted by Crippen LogP contribution is 2.56. The number of rotatable bonds is 6. The highest BCUT2D eigenvalue weighted by Gasteiger charge is 2.72. The molecule has 176 valence electrons. The second-order valence-corrected chi connectivity index (χ2v) is 6.69. The lowest BCUT2D eigenvalue weighted by Crippen LogP contribution is -2.55. The topological polar surface area (TPSA) is 86.7 Å². The molecule has 12 heteroatoms. The molecule has 0 heterocycles. The fourth-order valence-corrected chi connectivity index (χ4v) is 3.34. The van der Waals surface area contributed by atoms with Crippen LogP contribution in [0.25, 0.3) is 0 Å². The lowest BCUT2D eigenvalue weighted by molar-refractivity contribution is -0.288. The van der Waals surface area contributed by atoms with E-state index in [1.54, 1.807) is 0 Å². The second kappa shape index (κ2) is 9.04. The number of aryl methyl sites for hydroxylation is 1. The average Bonchev–Trinajstić information content (AvgIpc) is 2.72. The maximum Gasteiger partial charge on any atom is 0.411 e. The van der Waals surface area contributed by atoms with Gasteiger partial charge < -0.3 is 9.47 Å². The summed E-state index contributed by atoms with van der Waals surface area (Å²) in [4.78, 5) is 45.5. The largest absolute Gasteiger partial charge is 0.465 e. The first-order valence-electron chi connectivity index (χ1n) is 8.83. The van der Waals surface area contributed by atoms with Crippen molar-refractivity contribution in [3.63, 3.8) is 0 Å². The maximum atomic E-state index is 14.3. The Morgan fingerprint density at radius 3 is 1.79 bits per heavy atom. The lowest BCUT2D eigenvalue weighted by Gasteiger charge is -2.38. The van der Waals surface area contributed by atoms with Crippen molar-refractivity contribution in [1.82, 2.24) is 0 Å². The van der Waals surface area contributed by atoms with Crippen molar-refractivity contribution in [2.24, 2.45) is 0 Å². The number of alkyl halides is 6. The van der Waals surface area contributed by atoms with Gasteiger partial charge in [-0.3, -0.25) is 9.59 Å². The van der Waals surface area contributed by atoms with Crippen molar-refractivity contribution in [2.75, 3.05) is 7.11 Å². The molecule has 2 aromatic carbocycles. The van der Waals surface area contributed by atoms with Crippen molar-refractivity contribution < 1.29 is 55.0 Å². The molecule has 0 fully saturated rings. The van der Waals surface area contributed by atoms with Gasteiger partial charge >= 0.3 is 30.8 Å². The summed E-state index contributed by atoms with van der Waals surface area (Å²) in [7, 11) is 0.829. The summed E-state index contributed by atoms with van der Waals surface area (Å²) in [5.41, 5.74) is -9.70. The van der Waals surface area contributed by atoms with E-state index in [4.69, 9.17) is 0 Å². The first-order chi connectivity index (χ1) is 15.3. The standard InChI is InChI=1S/C21H14F6O6/c1-11-3-5-13(7-15(11)18(31)33-10-29)19(20(22,23)24,21(25,26)27)14-6-4-12(9-28)16(8-14)17(30)32-2/h3-10H,1-2H3. The van der Waals surface area contributed by atoms with E-state index in [-0.39, 0.29) is 24.4 Å². The number of carbonyl (C=O) groups is 4. The van der Waals surface area contributed by atoms with Gasteiger partial charge in [0.05, 0.1) is 18.2 Å². The first-order valence-corrected chi connectivity index (χ1v) is 8.83. The number of carbonyl (C=O) groups excluding carboxylic acids is 4. The van der Waals surface area contributed by atoms with Crippen LogP contribution in [0.3, 0.4) is 0 Å². The smallest absolute Gasteiger partial charge is 0.411 e.